The molecule has 2 N–H and O–H groups in total. The summed E-state index contributed by atoms with van der Waals surface area (Å²) in [4.78, 5) is 2.22. The normalized spacial score (nSPS) is 32.5. The summed E-state index contributed by atoms with van der Waals surface area (Å²) in [5.74, 6) is 0. The molecule has 0 amide bonds. The molecule has 0 heterocycles. The Morgan fingerprint density at radius 1 is 1.56 bits per heavy atom. The monoisotopic (exact) mass is 226 g/mol. The van der Waals surface area contributed by atoms with E-state index in [-0.39, 0.29) is 11.0 Å². The molecule has 0 aliphatic heterocycles. The zero-order valence-electron chi connectivity index (χ0n) is 11.1. The summed E-state index contributed by atoms with van der Waals surface area (Å²) in [6.45, 7) is 12.8. The van der Waals surface area contributed by atoms with E-state index in [1.165, 1.54) is 0 Å². The van der Waals surface area contributed by atoms with Crippen LogP contribution in [0.25, 0.3) is 0 Å². The standard InChI is InChI=1S/C13H26N2O/c1-6-8-15(5)10-13(14)9-11(16-7-2)12(13,3)4/h6,11H,1,7-10,14H2,2-5H3. The Bertz CT molecular complexity index is 252. The van der Waals surface area contributed by atoms with Crippen LogP contribution in [0.4, 0.5) is 0 Å². The van der Waals surface area contributed by atoms with E-state index in [9.17, 15) is 0 Å². The number of nitrogens with zero attached hydrogens (tertiary/aromatic N) is 1. The SMILES string of the molecule is C=CCN(C)CC1(N)CC(OCC)C1(C)C. The van der Waals surface area contributed by atoms with Gasteiger partial charge in [0.15, 0.2) is 0 Å². The molecule has 0 aromatic carbocycles. The summed E-state index contributed by atoms with van der Waals surface area (Å²) >= 11 is 0. The van der Waals surface area contributed by atoms with Crippen molar-refractivity contribution in [2.24, 2.45) is 11.1 Å². The average molecular weight is 226 g/mol. The molecule has 0 bridgehead atoms. The van der Waals surface area contributed by atoms with E-state index in [4.69, 9.17) is 10.5 Å². The van der Waals surface area contributed by atoms with Gasteiger partial charge in [-0.1, -0.05) is 19.9 Å². The topological polar surface area (TPSA) is 38.5 Å². The van der Waals surface area contributed by atoms with Crippen molar-refractivity contribution in [1.82, 2.24) is 4.90 Å². The first kappa shape index (κ1) is 13.7. The highest BCUT2D eigenvalue weighted by Crippen LogP contribution is 2.49. The Labute approximate surface area is 99.6 Å². The Hall–Kier alpha value is -0.380. The molecular weight excluding hydrogens is 200 g/mol. The van der Waals surface area contributed by atoms with Gasteiger partial charge in [0, 0.05) is 30.7 Å². The van der Waals surface area contributed by atoms with Gasteiger partial charge in [0.2, 0.25) is 0 Å². The van der Waals surface area contributed by atoms with Crippen LogP contribution in [0, 0.1) is 5.41 Å². The first-order valence-electron chi connectivity index (χ1n) is 6.07. The zero-order chi connectivity index (χ0) is 12.4. The molecule has 16 heavy (non-hydrogen) atoms. The highest BCUT2D eigenvalue weighted by atomic mass is 16.5. The van der Waals surface area contributed by atoms with E-state index in [1.807, 2.05) is 13.0 Å². The third-order valence-electron chi connectivity index (χ3n) is 4.00. The van der Waals surface area contributed by atoms with Crippen molar-refractivity contribution < 1.29 is 4.74 Å². The molecular formula is C13H26N2O. The van der Waals surface area contributed by atoms with E-state index < -0.39 is 0 Å². The van der Waals surface area contributed by atoms with Gasteiger partial charge in [0.25, 0.3) is 0 Å². The predicted octanol–water partition coefficient (Wildman–Crippen LogP) is 1.64. The molecule has 0 aromatic rings. The third-order valence-corrected chi connectivity index (χ3v) is 4.00. The first-order chi connectivity index (χ1) is 7.37. The van der Waals surface area contributed by atoms with E-state index in [1.54, 1.807) is 0 Å². The molecule has 0 saturated heterocycles. The zero-order valence-corrected chi connectivity index (χ0v) is 11.1. The number of nitrogens with two attached hydrogens (primary N) is 1. The fraction of sp³-hybridized carbons (Fsp3) is 0.846. The summed E-state index contributed by atoms with van der Waals surface area (Å²) in [6.07, 6.45) is 3.17. The van der Waals surface area contributed by atoms with Crippen molar-refractivity contribution in [3.8, 4) is 0 Å². The maximum Gasteiger partial charge on any atom is 0.0662 e. The lowest BCUT2D eigenvalue weighted by Crippen LogP contribution is -2.73. The summed E-state index contributed by atoms with van der Waals surface area (Å²) in [6, 6.07) is 0. The minimum Gasteiger partial charge on any atom is -0.378 e. The highest BCUT2D eigenvalue weighted by molar-refractivity contribution is 5.14. The van der Waals surface area contributed by atoms with Crippen molar-refractivity contribution in [1.29, 1.82) is 0 Å². The van der Waals surface area contributed by atoms with Crippen LogP contribution >= 0.6 is 0 Å². The van der Waals surface area contributed by atoms with E-state index in [0.29, 0.717) is 6.10 Å². The summed E-state index contributed by atoms with van der Waals surface area (Å²) in [5, 5.41) is 0. The van der Waals surface area contributed by atoms with E-state index in [0.717, 1.165) is 26.1 Å². The second kappa shape index (κ2) is 4.86. The van der Waals surface area contributed by atoms with Crippen LogP contribution in [0.15, 0.2) is 12.7 Å². The molecule has 2 unspecified atom stereocenters. The summed E-state index contributed by atoms with van der Waals surface area (Å²) in [5.41, 5.74) is 6.40. The summed E-state index contributed by atoms with van der Waals surface area (Å²) in [7, 11) is 2.08. The molecule has 1 saturated carbocycles. The number of hydrogen-bond donors (Lipinski definition) is 1. The minimum atomic E-state index is -0.134. The van der Waals surface area contributed by atoms with Crippen LogP contribution in [-0.4, -0.2) is 43.3 Å². The average Bonchev–Trinajstić information content (AvgIpc) is 2.17. The Balaban J connectivity index is 2.57. The molecule has 1 aliphatic carbocycles. The smallest absolute Gasteiger partial charge is 0.0662 e. The molecule has 3 nitrogen and oxygen atoms in total. The fourth-order valence-electron chi connectivity index (χ4n) is 2.54. The van der Waals surface area contributed by atoms with Crippen LogP contribution in [-0.2, 0) is 4.74 Å². The Morgan fingerprint density at radius 3 is 2.62 bits per heavy atom. The van der Waals surface area contributed by atoms with Gasteiger partial charge in [-0.25, -0.2) is 0 Å². The molecule has 1 fully saturated rings. The number of likely N-dealkylation sites (N-methyl/N-ethyl adjacent to an activating group) is 1. The molecule has 1 aliphatic rings. The number of hydrogen-bond acceptors (Lipinski definition) is 3. The van der Waals surface area contributed by atoms with Gasteiger partial charge in [-0.2, -0.15) is 0 Å². The number of rotatable bonds is 6. The lowest BCUT2D eigenvalue weighted by atomic mass is 9.54. The molecule has 0 spiro atoms. The van der Waals surface area contributed by atoms with E-state index >= 15 is 0 Å². The molecule has 94 valence electrons. The molecule has 1 rings (SSSR count). The van der Waals surface area contributed by atoms with Gasteiger partial charge in [0.05, 0.1) is 6.10 Å². The molecule has 0 aromatic heterocycles. The molecule has 2 atom stereocenters. The Morgan fingerprint density at radius 2 is 2.19 bits per heavy atom. The maximum atomic E-state index is 6.48. The third kappa shape index (κ3) is 2.31. The molecule has 0 radical (unpaired) electrons. The maximum absolute atomic E-state index is 6.48. The lowest BCUT2D eigenvalue weighted by molar-refractivity contribution is -0.154. The van der Waals surface area contributed by atoms with Gasteiger partial charge in [0.1, 0.15) is 0 Å². The van der Waals surface area contributed by atoms with Gasteiger partial charge < -0.3 is 15.4 Å². The van der Waals surface area contributed by atoms with Gasteiger partial charge in [-0.15, -0.1) is 6.58 Å². The van der Waals surface area contributed by atoms with Gasteiger partial charge >= 0.3 is 0 Å². The quantitative estimate of drug-likeness (QED) is 0.700. The van der Waals surface area contributed by atoms with E-state index in [2.05, 4.69) is 32.4 Å². The van der Waals surface area contributed by atoms with Crippen molar-refractivity contribution in [2.75, 3.05) is 26.7 Å². The number of ether oxygens (including phenoxy) is 1. The van der Waals surface area contributed by atoms with Gasteiger partial charge in [-0.3, -0.25) is 0 Å². The largest absolute Gasteiger partial charge is 0.378 e. The minimum absolute atomic E-state index is 0.0540. The predicted molar refractivity (Wildman–Crippen MR) is 68.4 cm³/mol. The van der Waals surface area contributed by atoms with Crippen molar-refractivity contribution in [3.63, 3.8) is 0 Å². The first-order valence-corrected chi connectivity index (χ1v) is 6.07. The molecule has 3 heteroatoms. The fourth-order valence-corrected chi connectivity index (χ4v) is 2.54. The van der Waals surface area contributed by atoms with Crippen LogP contribution in [0.5, 0.6) is 0 Å². The van der Waals surface area contributed by atoms with Crippen LogP contribution in [0.2, 0.25) is 0 Å². The second-order valence-electron chi connectivity index (χ2n) is 5.51. The van der Waals surface area contributed by atoms with Gasteiger partial charge in [-0.05, 0) is 20.4 Å². The van der Waals surface area contributed by atoms with Crippen LogP contribution < -0.4 is 5.73 Å². The van der Waals surface area contributed by atoms with Crippen LogP contribution in [0.3, 0.4) is 0 Å². The summed E-state index contributed by atoms with van der Waals surface area (Å²) < 4.78 is 5.71. The van der Waals surface area contributed by atoms with Crippen molar-refractivity contribution in [3.05, 3.63) is 12.7 Å². The van der Waals surface area contributed by atoms with Crippen molar-refractivity contribution in [2.45, 2.75) is 38.8 Å². The Kier molecular flexibility index (Phi) is 4.16. The van der Waals surface area contributed by atoms with Crippen molar-refractivity contribution >= 4 is 0 Å². The van der Waals surface area contributed by atoms with Crippen LogP contribution in [0.1, 0.15) is 27.2 Å². The lowest BCUT2D eigenvalue weighted by Gasteiger charge is -2.60. The highest BCUT2D eigenvalue weighted by Gasteiger charge is 2.58. The second-order valence-corrected chi connectivity index (χ2v) is 5.51.